The predicted molar refractivity (Wildman–Crippen MR) is 67.8 cm³/mol. The van der Waals surface area contributed by atoms with Gasteiger partial charge in [0.15, 0.2) is 0 Å². The Morgan fingerprint density at radius 3 is 2.94 bits per heavy atom. The number of amides is 1. The number of nitrogens with one attached hydrogen (secondary N) is 1. The lowest BCUT2D eigenvalue weighted by molar-refractivity contribution is -0.120. The minimum absolute atomic E-state index is 0.0226. The van der Waals surface area contributed by atoms with E-state index < -0.39 is 0 Å². The van der Waals surface area contributed by atoms with Crippen molar-refractivity contribution in [1.29, 1.82) is 0 Å². The number of anilines is 1. The van der Waals surface area contributed by atoms with Crippen molar-refractivity contribution in [2.24, 2.45) is 11.7 Å². The molecule has 0 spiro atoms. The molecular formula is C12H16ClN3O. The zero-order valence-corrected chi connectivity index (χ0v) is 10.3. The van der Waals surface area contributed by atoms with Crippen LogP contribution in [-0.2, 0) is 4.79 Å². The summed E-state index contributed by atoms with van der Waals surface area (Å²) < 4.78 is 0. The van der Waals surface area contributed by atoms with E-state index in [2.05, 4.69) is 10.3 Å². The Kier molecular flexibility index (Phi) is 3.97. The average Bonchev–Trinajstić information content (AvgIpc) is 2.32. The minimum atomic E-state index is 0.0226. The molecule has 0 aromatic carbocycles. The maximum Gasteiger partial charge on any atom is 0.227 e. The van der Waals surface area contributed by atoms with Gasteiger partial charge in [-0.25, -0.2) is 4.98 Å². The van der Waals surface area contributed by atoms with Crippen LogP contribution >= 0.6 is 11.6 Å². The fraction of sp³-hybridized carbons (Fsp3) is 0.500. The molecule has 4 nitrogen and oxygen atoms in total. The van der Waals surface area contributed by atoms with Crippen LogP contribution < -0.4 is 11.1 Å². The average molecular weight is 254 g/mol. The van der Waals surface area contributed by atoms with Gasteiger partial charge in [-0.3, -0.25) is 4.79 Å². The van der Waals surface area contributed by atoms with E-state index in [4.69, 9.17) is 17.3 Å². The van der Waals surface area contributed by atoms with Gasteiger partial charge >= 0.3 is 0 Å². The second kappa shape index (κ2) is 5.47. The molecule has 0 aliphatic heterocycles. The molecule has 92 valence electrons. The van der Waals surface area contributed by atoms with Crippen LogP contribution in [-0.4, -0.2) is 16.9 Å². The van der Waals surface area contributed by atoms with Crippen LogP contribution in [0, 0.1) is 5.92 Å². The summed E-state index contributed by atoms with van der Waals surface area (Å²) in [5.41, 5.74) is 6.55. The topological polar surface area (TPSA) is 68.0 Å². The lowest BCUT2D eigenvalue weighted by Crippen LogP contribution is -2.34. The molecule has 0 radical (unpaired) electrons. The molecule has 17 heavy (non-hydrogen) atoms. The number of nitrogens with zero attached hydrogens (tertiary/aromatic N) is 1. The molecule has 1 amide bonds. The highest BCUT2D eigenvalue weighted by Gasteiger charge is 2.25. The van der Waals surface area contributed by atoms with Crippen molar-refractivity contribution in [3.8, 4) is 0 Å². The van der Waals surface area contributed by atoms with Crippen molar-refractivity contribution < 1.29 is 4.79 Å². The third kappa shape index (κ3) is 3.41. The molecule has 1 heterocycles. The molecule has 0 bridgehead atoms. The van der Waals surface area contributed by atoms with Gasteiger partial charge in [-0.05, 0) is 31.4 Å². The number of hydrogen-bond donors (Lipinski definition) is 2. The number of nitrogens with two attached hydrogens (primary N) is 1. The first-order valence-corrected chi connectivity index (χ1v) is 6.21. The summed E-state index contributed by atoms with van der Waals surface area (Å²) >= 11 is 5.68. The summed E-state index contributed by atoms with van der Waals surface area (Å²) in [5, 5.41) is 3.26. The summed E-state index contributed by atoms with van der Waals surface area (Å²) in [4.78, 5) is 15.9. The number of rotatable bonds is 2. The SMILES string of the molecule is NC1CCCC(C(=O)Nc2ccc(Cl)nc2)C1. The van der Waals surface area contributed by atoms with E-state index in [1.54, 1.807) is 18.3 Å². The van der Waals surface area contributed by atoms with Crippen molar-refractivity contribution in [3.05, 3.63) is 23.5 Å². The highest BCUT2D eigenvalue weighted by atomic mass is 35.5. The van der Waals surface area contributed by atoms with Gasteiger partial charge in [0.25, 0.3) is 0 Å². The van der Waals surface area contributed by atoms with E-state index >= 15 is 0 Å². The Morgan fingerprint density at radius 2 is 2.29 bits per heavy atom. The first-order valence-electron chi connectivity index (χ1n) is 5.83. The normalized spacial score (nSPS) is 24.4. The first-order chi connectivity index (χ1) is 8.15. The second-order valence-corrected chi connectivity index (χ2v) is 4.87. The molecule has 2 atom stereocenters. The molecule has 2 unspecified atom stereocenters. The lowest BCUT2D eigenvalue weighted by atomic mass is 9.85. The number of hydrogen-bond acceptors (Lipinski definition) is 3. The van der Waals surface area contributed by atoms with Gasteiger partial charge in [0.2, 0.25) is 5.91 Å². The number of aromatic nitrogens is 1. The van der Waals surface area contributed by atoms with Crippen LogP contribution in [0.2, 0.25) is 5.15 Å². The third-order valence-electron chi connectivity index (χ3n) is 3.08. The van der Waals surface area contributed by atoms with Crippen LogP contribution in [0.5, 0.6) is 0 Å². The maximum absolute atomic E-state index is 12.0. The first kappa shape index (κ1) is 12.3. The molecule has 5 heteroatoms. The third-order valence-corrected chi connectivity index (χ3v) is 3.30. The molecule has 1 saturated carbocycles. The van der Waals surface area contributed by atoms with Crippen molar-refractivity contribution in [3.63, 3.8) is 0 Å². The quantitative estimate of drug-likeness (QED) is 0.794. The monoisotopic (exact) mass is 253 g/mol. The number of carbonyl (C=O) groups is 1. The van der Waals surface area contributed by atoms with Gasteiger partial charge in [-0.2, -0.15) is 0 Å². The van der Waals surface area contributed by atoms with E-state index in [-0.39, 0.29) is 17.9 Å². The van der Waals surface area contributed by atoms with Gasteiger partial charge in [-0.15, -0.1) is 0 Å². The van der Waals surface area contributed by atoms with E-state index in [9.17, 15) is 4.79 Å². The summed E-state index contributed by atoms with van der Waals surface area (Å²) in [6, 6.07) is 3.56. The van der Waals surface area contributed by atoms with Gasteiger partial charge in [0.05, 0.1) is 11.9 Å². The van der Waals surface area contributed by atoms with Crippen LogP contribution in [0.15, 0.2) is 18.3 Å². The standard InChI is InChI=1S/C12H16ClN3O/c13-11-5-4-10(7-15-11)16-12(17)8-2-1-3-9(14)6-8/h4-5,7-9H,1-3,6,14H2,(H,16,17). The van der Waals surface area contributed by atoms with Gasteiger partial charge in [0.1, 0.15) is 5.15 Å². The summed E-state index contributed by atoms with van der Waals surface area (Å²) in [5.74, 6) is 0.0544. The molecule has 1 aromatic rings. The summed E-state index contributed by atoms with van der Waals surface area (Å²) in [6.45, 7) is 0. The maximum atomic E-state index is 12.0. The highest BCUT2D eigenvalue weighted by Crippen LogP contribution is 2.24. The molecule has 2 rings (SSSR count). The Bertz CT molecular complexity index is 393. The Balaban J connectivity index is 1.94. The zero-order valence-electron chi connectivity index (χ0n) is 9.53. The zero-order chi connectivity index (χ0) is 12.3. The Morgan fingerprint density at radius 1 is 1.47 bits per heavy atom. The van der Waals surface area contributed by atoms with Crippen LogP contribution in [0.3, 0.4) is 0 Å². The van der Waals surface area contributed by atoms with Crippen LogP contribution in [0.25, 0.3) is 0 Å². The Hall–Kier alpha value is -1.13. The van der Waals surface area contributed by atoms with Crippen molar-refractivity contribution in [2.45, 2.75) is 31.7 Å². The summed E-state index contributed by atoms with van der Waals surface area (Å²) in [6.07, 6.45) is 5.29. The van der Waals surface area contributed by atoms with Crippen molar-refractivity contribution >= 4 is 23.2 Å². The van der Waals surface area contributed by atoms with Gasteiger partial charge in [-0.1, -0.05) is 18.0 Å². The fourth-order valence-corrected chi connectivity index (χ4v) is 2.27. The molecule has 1 aliphatic rings. The highest BCUT2D eigenvalue weighted by molar-refractivity contribution is 6.29. The molecule has 1 fully saturated rings. The fourth-order valence-electron chi connectivity index (χ4n) is 2.16. The van der Waals surface area contributed by atoms with Gasteiger partial charge < -0.3 is 11.1 Å². The number of halogens is 1. The molecule has 1 aromatic heterocycles. The Labute approximate surface area is 106 Å². The lowest BCUT2D eigenvalue weighted by Gasteiger charge is -2.25. The number of carbonyl (C=O) groups excluding carboxylic acids is 1. The van der Waals surface area contributed by atoms with E-state index in [1.807, 2.05) is 0 Å². The van der Waals surface area contributed by atoms with E-state index in [1.165, 1.54) is 0 Å². The predicted octanol–water partition coefficient (Wildman–Crippen LogP) is 2.19. The molecule has 1 aliphatic carbocycles. The smallest absolute Gasteiger partial charge is 0.227 e. The molecular weight excluding hydrogens is 238 g/mol. The van der Waals surface area contributed by atoms with Crippen LogP contribution in [0.1, 0.15) is 25.7 Å². The largest absolute Gasteiger partial charge is 0.328 e. The van der Waals surface area contributed by atoms with Gasteiger partial charge in [0, 0.05) is 12.0 Å². The minimum Gasteiger partial charge on any atom is -0.328 e. The number of pyridine rings is 1. The van der Waals surface area contributed by atoms with E-state index in [0.29, 0.717) is 10.8 Å². The van der Waals surface area contributed by atoms with Crippen LogP contribution in [0.4, 0.5) is 5.69 Å². The molecule has 0 saturated heterocycles. The summed E-state index contributed by atoms with van der Waals surface area (Å²) in [7, 11) is 0. The van der Waals surface area contributed by atoms with Crippen molar-refractivity contribution in [1.82, 2.24) is 4.98 Å². The second-order valence-electron chi connectivity index (χ2n) is 4.48. The molecule has 3 N–H and O–H groups in total. The van der Waals surface area contributed by atoms with Crippen molar-refractivity contribution in [2.75, 3.05) is 5.32 Å². The van der Waals surface area contributed by atoms with E-state index in [0.717, 1.165) is 25.7 Å².